The van der Waals surface area contributed by atoms with Crippen LogP contribution in [0.1, 0.15) is 0 Å². The van der Waals surface area contributed by atoms with Crippen LogP contribution < -0.4 is 0 Å². The van der Waals surface area contributed by atoms with Gasteiger partial charge in [0.25, 0.3) is 0 Å². The molecule has 12 aromatic rings. The van der Waals surface area contributed by atoms with Crippen molar-refractivity contribution in [3.8, 4) is 73.2 Å². The normalized spacial score (nSPS) is 11.5. The Kier molecular flexibility index (Phi) is 8.42. The SMILES string of the molecule is c1ccc(-c2cccc(-c3ccc(-c4ccc5c(c4)oc4ccc6c(c7ccccc7n6-c6ccccc6)c45)c(-c4nc(-c5ccccc5)nc(-c5ccccc5)n4)c3)c2)cc1. The molecule has 0 amide bonds. The highest BCUT2D eigenvalue weighted by Crippen LogP contribution is 2.43. The summed E-state index contributed by atoms with van der Waals surface area (Å²) >= 11 is 0. The zero-order valence-electron chi connectivity index (χ0n) is 33.5. The number of nitrogens with zero attached hydrogens (tertiary/aromatic N) is 4. The maximum atomic E-state index is 6.78. The first kappa shape index (κ1) is 35.5. The fourth-order valence-electron chi connectivity index (χ4n) is 8.95. The van der Waals surface area contributed by atoms with Gasteiger partial charge in [0.2, 0.25) is 0 Å². The van der Waals surface area contributed by atoms with Crippen molar-refractivity contribution in [3.05, 3.63) is 218 Å². The second kappa shape index (κ2) is 14.7. The minimum Gasteiger partial charge on any atom is -0.456 e. The second-order valence-corrected chi connectivity index (χ2v) is 15.6. The first-order valence-corrected chi connectivity index (χ1v) is 20.8. The van der Waals surface area contributed by atoms with Gasteiger partial charge in [-0.3, -0.25) is 0 Å². The second-order valence-electron chi connectivity index (χ2n) is 15.6. The topological polar surface area (TPSA) is 56.7 Å². The molecule has 5 nitrogen and oxygen atoms in total. The predicted octanol–water partition coefficient (Wildman–Crippen LogP) is 14.9. The van der Waals surface area contributed by atoms with Crippen LogP contribution in [0.15, 0.2) is 223 Å². The van der Waals surface area contributed by atoms with Gasteiger partial charge in [0.05, 0.1) is 11.0 Å². The van der Waals surface area contributed by atoms with Gasteiger partial charge in [0, 0.05) is 43.9 Å². The molecule has 0 aliphatic rings. The third-order valence-electron chi connectivity index (χ3n) is 11.9. The van der Waals surface area contributed by atoms with Crippen LogP contribution in [-0.2, 0) is 0 Å². The van der Waals surface area contributed by atoms with E-state index in [9.17, 15) is 0 Å². The molecule has 0 N–H and O–H groups in total. The first-order chi connectivity index (χ1) is 30.7. The molecule has 0 unspecified atom stereocenters. The lowest BCUT2D eigenvalue weighted by Crippen LogP contribution is -2.01. The molecular weight excluding hydrogens is 757 g/mol. The minimum atomic E-state index is 0.592. The van der Waals surface area contributed by atoms with Crippen molar-refractivity contribution < 1.29 is 4.42 Å². The number of fused-ring (bicyclic) bond motifs is 7. The molecule has 62 heavy (non-hydrogen) atoms. The maximum absolute atomic E-state index is 6.78. The third kappa shape index (κ3) is 6.06. The van der Waals surface area contributed by atoms with Crippen LogP contribution in [0.3, 0.4) is 0 Å². The van der Waals surface area contributed by atoms with Crippen LogP contribution in [0.4, 0.5) is 0 Å². The Morgan fingerprint density at radius 2 is 0.871 bits per heavy atom. The Hall–Kier alpha value is -8.41. The molecule has 3 heterocycles. The van der Waals surface area contributed by atoms with Gasteiger partial charge in [-0.1, -0.05) is 164 Å². The largest absolute Gasteiger partial charge is 0.456 e. The Bertz CT molecular complexity index is 3560. The van der Waals surface area contributed by atoms with E-state index < -0.39 is 0 Å². The van der Waals surface area contributed by atoms with E-state index in [0.29, 0.717) is 17.5 Å². The highest BCUT2D eigenvalue weighted by atomic mass is 16.3. The quantitative estimate of drug-likeness (QED) is 0.161. The number of para-hydroxylation sites is 2. The zero-order chi connectivity index (χ0) is 41.0. The van der Waals surface area contributed by atoms with E-state index in [0.717, 1.165) is 83.2 Å². The average Bonchev–Trinajstić information content (AvgIpc) is 3.90. The Labute approximate surface area is 357 Å². The molecular formula is C57H36N4O. The van der Waals surface area contributed by atoms with Crippen molar-refractivity contribution in [2.75, 3.05) is 0 Å². The summed E-state index contributed by atoms with van der Waals surface area (Å²) in [5.74, 6) is 1.82. The summed E-state index contributed by atoms with van der Waals surface area (Å²) in [5.41, 5.74) is 14.3. The van der Waals surface area contributed by atoms with E-state index in [1.807, 2.05) is 66.7 Å². The molecule has 0 saturated carbocycles. The van der Waals surface area contributed by atoms with Crippen molar-refractivity contribution in [2.45, 2.75) is 0 Å². The van der Waals surface area contributed by atoms with Gasteiger partial charge in [0.1, 0.15) is 11.2 Å². The van der Waals surface area contributed by atoms with Crippen LogP contribution in [0.25, 0.3) is 117 Å². The Balaban J connectivity index is 1.08. The van der Waals surface area contributed by atoms with Gasteiger partial charge in [-0.25, -0.2) is 15.0 Å². The minimum absolute atomic E-state index is 0.592. The van der Waals surface area contributed by atoms with Gasteiger partial charge in [-0.2, -0.15) is 0 Å². The summed E-state index contributed by atoms with van der Waals surface area (Å²) in [5, 5.41) is 4.56. The standard InChI is InChI=1S/C57H36N4O/c1-5-16-37(17-6-1)40-22-15-23-41(34-40)42-28-30-45(48(35-42)57-59-55(38-18-7-2-8-19-38)58-56(60-57)39-20-9-3-10-21-39)43-29-31-47-52(36-43)62-51-33-32-50-53(54(47)51)46-26-13-14-27-49(46)61(50)44-24-11-4-12-25-44/h1-36H. The highest BCUT2D eigenvalue weighted by molar-refractivity contribution is 6.27. The molecule has 0 spiro atoms. The molecule has 0 radical (unpaired) electrons. The van der Waals surface area contributed by atoms with Crippen molar-refractivity contribution in [1.29, 1.82) is 0 Å². The van der Waals surface area contributed by atoms with Gasteiger partial charge in [-0.15, -0.1) is 0 Å². The van der Waals surface area contributed by atoms with Crippen LogP contribution >= 0.6 is 0 Å². The fraction of sp³-hybridized carbons (Fsp3) is 0. The molecule has 12 rings (SSSR count). The fourth-order valence-corrected chi connectivity index (χ4v) is 8.95. The molecule has 0 saturated heterocycles. The van der Waals surface area contributed by atoms with E-state index in [1.54, 1.807) is 0 Å². The van der Waals surface area contributed by atoms with Crippen molar-refractivity contribution in [3.63, 3.8) is 0 Å². The van der Waals surface area contributed by atoms with Gasteiger partial charge >= 0.3 is 0 Å². The van der Waals surface area contributed by atoms with Gasteiger partial charge < -0.3 is 8.98 Å². The number of hydrogen-bond donors (Lipinski definition) is 0. The van der Waals surface area contributed by atoms with E-state index in [1.165, 1.54) is 16.3 Å². The molecule has 0 bridgehead atoms. The molecule has 5 heteroatoms. The lowest BCUT2D eigenvalue weighted by Gasteiger charge is -2.14. The molecule has 3 aromatic heterocycles. The molecule has 290 valence electrons. The van der Waals surface area contributed by atoms with E-state index in [4.69, 9.17) is 19.4 Å². The third-order valence-corrected chi connectivity index (χ3v) is 11.9. The summed E-state index contributed by atoms with van der Waals surface area (Å²) in [4.78, 5) is 15.5. The van der Waals surface area contributed by atoms with Crippen molar-refractivity contribution in [2.24, 2.45) is 0 Å². The van der Waals surface area contributed by atoms with Crippen LogP contribution in [0, 0.1) is 0 Å². The van der Waals surface area contributed by atoms with E-state index in [2.05, 4.69) is 156 Å². The molecule has 0 aliphatic carbocycles. The number of furan rings is 1. The summed E-state index contributed by atoms with van der Waals surface area (Å²) in [6, 6.07) is 76.2. The average molecular weight is 793 g/mol. The molecule has 0 fully saturated rings. The summed E-state index contributed by atoms with van der Waals surface area (Å²) in [6.07, 6.45) is 0. The Morgan fingerprint density at radius 3 is 1.58 bits per heavy atom. The molecule has 0 atom stereocenters. The van der Waals surface area contributed by atoms with Crippen LogP contribution in [0.2, 0.25) is 0 Å². The predicted molar refractivity (Wildman–Crippen MR) is 254 cm³/mol. The maximum Gasteiger partial charge on any atom is 0.164 e. The summed E-state index contributed by atoms with van der Waals surface area (Å²) in [7, 11) is 0. The molecule has 9 aromatic carbocycles. The zero-order valence-corrected chi connectivity index (χ0v) is 33.5. The first-order valence-electron chi connectivity index (χ1n) is 20.8. The van der Waals surface area contributed by atoms with Gasteiger partial charge in [0.15, 0.2) is 17.5 Å². The number of rotatable bonds is 7. The van der Waals surface area contributed by atoms with E-state index >= 15 is 0 Å². The Morgan fingerprint density at radius 1 is 0.306 bits per heavy atom. The lowest BCUT2D eigenvalue weighted by atomic mass is 9.92. The number of aromatic nitrogens is 4. The highest BCUT2D eigenvalue weighted by Gasteiger charge is 2.21. The van der Waals surface area contributed by atoms with Crippen molar-refractivity contribution in [1.82, 2.24) is 19.5 Å². The van der Waals surface area contributed by atoms with Gasteiger partial charge in [-0.05, 0) is 88.0 Å². The summed E-state index contributed by atoms with van der Waals surface area (Å²) in [6.45, 7) is 0. The number of benzene rings is 9. The van der Waals surface area contributed by atoms with Crippen molar-refractivity contribution >= 4 is 43.7 Å². The smallest absolute Gasteiger partial charge is 0.164 e. The molecule has 0 aliphatic heterocycles. The lowest BCUT2D eigenvalue weighted by molar-refractivity contribution is 0.669. The van der Waals surface area contributed by atoms with Crippen LogP contribution in [0.5, 0.6) is 0 Å². The van der Waals surface area contributed by atoms with Crippen LogP contribution in [-0.4, -0.2) is 19.5 Å². The van der Waals surface area contributed by atoms with E-state index in [-0.39, 0.29) is 0 Å². The number of hydrogen-bond acceptors (Lipinski definition) is 4. The monoisotopic (exact) mass is 792 g/mol. The summed E-state index contributed by atoms with van der Waals surface area (Å²) < 4.78 is 9.13.